The lowest BCUT2D eigenvalue weighted by Gasteiger charge is -2.23. The van der Waals surface area contributed by atoms with E-state index in [9.17, 15) is 14.0 Å². The summed E-state index contributed by atoms with van der Waals surface area (Å²) < 4.78 is 24.9. The third kappa shape index (κ3) is 2.65. The summed E-state index contributed by atoms with van der Waals surface area (Å²) in [4.78, 5) is 36.3. The molecule has 148 valence electrons. The number of nitrogens with zero attached hydrogens (tertiary/aromatic N) is 3. The minimum absolute atomic E-state index is 0.0604. The van der Waals surface area contributed by atoms with Crippen LogP contribution in [0.25, 0.3) is 11.0 Å². The lowest BCUT2D eigenvalue weighted by atomic mass is 9.98. The lowest BCUT2D eigenvalue weighted by Crippen LogP contribution is -2.31. The van der Waals surface area contributed by atoms with E-state index in [4.69, 9.17) is 9.15 Å². The van der Waals surface area contributed by atoms with Crippen LogP contribution < -0.4 is 15.1 Å². The fourth-order valence-corrected chi connectivity index (χ4v) is 3.69. The molecule has 0 aliphatic carbocycles. The Morgan fingerprint density at radius 3 is 2.63 bits per heavy atom. The molecule has 4 aromatic rings. The summed E-state index contributed by atoms with van der Waals surface area (Å²) in [5, 5.41) is 0.0604. The first-order valence-electron chi connectivity index (χ1n) is 9.09. The lowest BCUT2D eigenvalue weighted by molar-refractivity contribution is 0.0969. The molecule has 1 unspecified atom stereocenters. The van der Waals surface area contributed by atoms with Crippen LogP contribution in [-0.4, -0.2) is 23.0 Å². The van der Waals surface area contributed by atoms with E-state index in [1.807, 2.05) is 0 Å². The average Bonchev–Trinajstić information content (AvgIpc) is 3.07. The number of rotatable bonds is 3. The fourth-order valence-electron chi connectivity index (χ4n) is 3.69. The van der Waals surface area contributed by atoms with Crippen LogP contribution in [0, 0.1) is 5.82 Å². The smallest absolute Gasteiger partial charge is 0.297 e. The van der Waals surface area contributed by atoms with Crippen LogP contribution in [-0.2, 0) is 0 Å². The summed E-state index contributed by atoms with van der Waals surface area (Å²) in [7, 11) is 1.52. The minimum atomic E-state index is -0.853. The second-order valence-electron chi connectivity index (χ2n) is 6.72. The van der Waals surface area contributed by atoms with Crippen LogP contribution in [0.4, 0.5) is 10.3 Å². The van der Waals surface area contributed by atoms with E-state index in [1.165, 1.54) is 36.5 Å². The van der Waals surface area contributed by atoms with Crippen molar-refractivity contribution in [2.45, 2.75) is 6.04 Å². The number of carbonyl (C=O) groups is 1. The van der Waals surface area contributed by atoms with Crippen LogP contribution in [0.3, 0.4) is 0 Å². The molecule has 0 spiro atoms. The molecule has 0 radical (unpaired) electrons. The molecule has 2 aromatic heterocycles. The Labute approximate surface area is 169 Å². The van der Waals surface area contributed by atoms with Gasteiger partial charge in [0.2, 0.25) is 11.7 Å². The molecule has 1 aliphatic rings. The molecule has 0 saturated heterocycles. The Hall–Kier alpha value is -4.07. The predicted octanol–water partition coefficient (Wildman–Crippen LogP) is 3.48. The number of methoxy groups -OCH3 is 1. The van der Waals surface area contributed by atoms with Gasteiger partial charge in [0.25, 0.3) is 5.91 Å². The van der Waals surface area contributed by atoms with Gasteiger partial charge in [-0.3, -0.25) is 14.5 Å². The Morgan fingerprint density at radius 1 is 1.07 bits per heavy atom. The molecule has 8 heteroatoms. The normalized spacial score (nSPS) is 15.5. The zero-order valence-electron chi connectivity index (χ0n) is 15.7. The van der Waals surface area contributed by atoms with Crippen LogP contribution >= 0.6 is 0 Å². The number of ether oxygens (including phenoxy) is 1. The molecule has 7 nitrogen and oxygen atoms in total. The van der Waals surface area contributed by atoms with Gasteiger partial charge >= 0.3 is 0 Å². The molecular weight excluding hydrogens is 389 g/mol. The van der Waals surface area contributed by atoms with Crippen molar-refractivity contribution < 1.29 is 18.3 Å². The number of halogens is 1. The van der Waals surface area contributed by atoms with Crippen molar-refractivity contribution in [1.82, 2.24) is 9.97 Å². The van der Waals surface area contributed by atoms with Crippen molar-refractivity contribution in [1.29, 1.82) is 0 Å². The average molecular weight is 403 g/mol. The van der Waals surface area contributed by atoms with E-state index in [2.05, 4.69) is 9.97 Å². The quantitative estimate of drug-likeness (QED) is 0.521. The van der Waals surface area contributed by atoms with Crippen LogP contribution in [0.1, 0.15) is 27.7 Å². The Morgan fingerprint density at radius 2 is 1.87 bits per heavy atom. The maximum Gasteiger partial charge on any atom is 0.297 e. The topological polar surface area (TPSA) is 85.5 Å². The number of carbonyl (C=O) groups excluding carboxylic acids is 1. The molecule has 2 aromatic carbocycles. The molecule has 1 amide bonds. The number of aromatic nitrogens is 2. The maximum atomic E-state index is 13.8. The van der Waals surface area contributed by atoms with E-state index in [1.54, 1.807) is 30.3 Å². The van der Waals surface area contributed by atoms with Crippen molar-refractivity contribution in [3.05, 3.63) is 93.9 Å². The molecule has 1 atom stereocenters. The van der Waals surface area contributed by atoms with Crippen LogP contribution in [0.15, 0.2) is 70.1 Å². The molecule has 0 fully saturated rings. The number of anilines is 1. The summed E-state index contributed by atoms with van der Waals surface area (Å²) >= 11 is 0. The van der Waals surface area contributed by atoms with Crippen molar-refractivity contribution in [3.8, 4) is 5.75 Å². The van der Waals surface area contributed by atoms with Crippen molar-refractivity contribution in [2.75, 3.05) is 12.0 Å². The zero-order valence-corrected chi connectivity index (χ0v) is 15.7. The first kappa shape index (κ1) is 18.0. The number of fused-ring (bicyclic) bond motifs is 2. The van der Waals surface area contributed by atoms with E-state index in [0.29, 0.717) is 11.3 Å². The van der Waals surface area contributed by atoms with Gasteiger partial charge in [-0.25, -0.2) is 14.4 Å². The molecule has 0 bridgehead atoms. The number of hydrogen-bond acceptors (Lipinski definition) is 6. The summed E-state index contributed by atoms with van der Waals surface area (Å²) in [6.07, 6.45) is 3.00. The molecule has 3 heterocycles. The monoisotopic (exact) mass is 403 g/mol. The maximum absolute atomic E-state index is 13.8. The second-order valence-corrected chi connectivity index (χ2v) is 6.72. The van der Waals surface area contributed by atoms with Gasteiger partial charge in [-0.05, 0) is 42.0 Å². The van der Waals surface area contributed by atoms with Gasteiger partial charge in [0.15, 0.2) is 5.43 Å². The molecule has 0 saturated carbocycles. The highest BCUT2D eigenvalue weighted by Gasteiger charge is 2.45. The Bertz CT molecular complexity index is 1350. The fraction of sp³-hybridized carbons (Fsp3) is 0.0909. The van der Waals surface area contributed by atoms with Gasteiger partial charge in [-0.1, -0.05) is 12.1 Å². The highest BCUT2D eigenvalue weighted by atomic mass is 19.1. The van der Waals surface area contributed by atoms with Gasteiger partial charge in [-0.15, -0.1) is 0 Å². The Kier molecular flexibility index (Phi) is 4.06. The molecule has 30 heavy (non-hydrogen) atoms. The van der Waals surface area contributed by atoms with Crippen LogP contribution in [0.2, 0.25) is 0 Å². The number of benzene rings is 2. The van der Waals surface area contributed by atoms with Crippen molar-refractivity contribution >= 4 is 22.8 Å². The van der Waals surface area contributed by atoms with Crippen molar-refractivity contribution in [3.63, 3.8) is 0 Å². The molecule has 5 rings (SSSR count). The third-order valence-electron chi connectivity index (χ3n) is 5.01. The standard InChI is InChI=1S/C22H14FN3O4/c1-29-14-5-2-4-12(10-14)18-17-19(27)15-11-13(23)6-7-16(15)30-20(17)21(28)26(18)22-24-8-3-9-25-22/h2-11,18H,1H3. The first-order chi connectivity index (χ1) is 14.6. The van der Waals surface area contributed by atoms with E-state index in [0.717, 1.165) is 6.07 Å². The molecular formula is C22H14FN3O4. The highest BCUT2D eigenvalue weighted by Crippen LogP contribution is 2.40. The number of hydrogen-bond donors (Lipinski definition) is 0. The van der Waals surface area contributed by atoms with Crippen LogP contribution in [0.5, 0.6) is 5.75 Å². The highest BCUT2D eigenvalue weighted by molar-refractivity contribution is 6.09. The van der Waals surface area contributed by atoms with Gasteiger partial charge in [0.05, 0.1) is 24.1 Å². The minimum Gasteiger partial charge on any atom is -0.497 e. The molecule has 1 aliphatic heterocycles. The third-order valence-corrected chi connectivity index (χ3v) is 5.01. The number of amides is 1. The second kappa shape index (κ2) is 6.77. The van der Waals surface area contributed by atoms with E-state index < -0.39 is 23.2 Å². The molecule has 0 N–H and O–H groups in total. The zero-order chi connectivity index (χ0) is 20.8. The van der Waals surface area contributed by atoms with Gasteiger partial charge in [0.1, 0.15) is 17.1 Å². The van der Waals surface area contributed by atoms with Gasteiger partial charge < -0.3 is 9.15 Å². The summed E-state index contributed by atoms with van der Waals surface area (Å²) in [6, 6.07) is 11.4. The van der Waals surface area contributed by atoms with E-state index in [-0.39, 0.29) is 28.2 Å². The first-order valence-corrected chi connectivity index (χ1v) is 9.09. The van der Waals surface area contributed by atoms with Gasteiger partial charge in [0, 0.05) is 12.4 Å². The summed E-state index contributed by atoms with van der Waals surface area (Å²) in [6.45, 7) is 0. The summed E-state index contributed by atoms with van der Waals surface area (Å²) in [5.74, 6) is -0.554. The van der Waals surface area contributed by atoms with Crippen molar-refractivity contribution in [2.24, 2.45) is 0 Å². The van der Waals surface area contributed by atoms with Gasteiger partial charge in [-0.2, -0.15) is 0 Å². The summed E-state index contributed by atoms with van der Waals surface area (Å²) in [5.41, 5.74) is 0.370. The Balaban J connectivity index is 1.83. The van der Waals surface area contributed by atoms with E-state index >= 15 is 0 Å². The predicted molar refractivity (Wildman–Crippen MR) is 106 cm³/mol. The SMILES string of the molecule is COc1cccc(C2c3c(oc4ccc(F)cc4c3=O)C(=O)N2c2ncccn2)c1. The largest absolute Gasteiger partial charge is 0.497 e.